The van der Waals surface area contributed by atoms with Crippen LogP contribution in [0.3, 0.4) is 0 Å². The van der Waals surface area contributed by atoms with Gasteiger partial charge in [0.05, 0.1) is 17.6 Å². The molecular formula is C28H37N3O2. The number of imidazole rings is 1. The Labute approximate surface area is 197 Å². The molecule has 0 aliphatic rings. The van der Waals surface area contributed by atoms with Crippen molar-refractivity contribution in [3.63, 3.8) is 0 Å². The molecule has 1 aromatic heterocycles. The van der Waals surface area contributed by atoms with Crippen molar-refractivity contribution in [2.75, 3.05) is 13.2 Å². The van der Waals surface area contributed by atoms with Gasteiger partial charge in [0.25, 0.3) is 0 Å². The van der Waals surface area contributed by atoms with Gasteiger partial charge in [-0.3, -0.25) is 4.79 Å². The average molecular weight is 448 g/mol. The molecule has 0 saturated carbocycles. The summed E-state index contributed by atoms with van der Waals surface area (Å²) < 4.78 is 8.35. The number of amides is 1. The number of fused-ring (bicyclic) bond motifs is 1. The predicted octanol–water partition coefficient (Wildman–Crippen LogP) is 6.03. The first kappa shape index (κ1) is 24.6. The normalized spacial score (nSPS) is 12.3. The fourth-order valence-corrected chi connectivity index (χ4v) is 3.96. The second kappa shape index (κ2) is 12.8. The van der Waals surface area contributed by atoms with E-state index in [2.05, 4.69) is 66.2 Å². The maximum absolute atomic E-state index is 11.5. The minimum atomic E-state index is -0.0196. The zero-order chi connectivity index (χ0) is 23.5. The van der Waals surface area contributed by atoms with Crippen LogP contribution in [0.4, 0.5) is 0 Å². The fraction of sp³-hybridized carbons (Fsp3) is 0.429. The smallest absolute Gasteiger partial charge is 0.243 e. The minimum Gasteiger partial charge on any atom is -0.492 e. The van der Waals surface area contributed by atoms with Crippen LogP contribution in [-0.4, -0.2) is 28.6 Å². The molecule has 0 aliphatic carbocycles. The molecule has 3 rings (SSSR count). The Morgan fingerprint density at radius 2 is 1.91 bits per heavy atom. The topological polar surface area (TPSA) is 56.2 Å². The van der Waals surface area contributed by atoms with Crippen LogP contribution in [-0.2, 0) is 17.8 Å². The molecule has 1 heterocycles. The molecule has 1 amide bonds. The van der Waals surface area contributed by atoms with E-state index in [0.717, 1.165) is 61.3 Å². The molecule has 5 heteroatoms. The van der Waals surface area contributed by atoms with Crippen LogP contribution < -0.4 is 10.1 Å². The van der Waals surface area contributed by atoms with E-state index in [1.165, 1.54) is 5.56 Å². The molecule has 3 aromatic rings. The van der Waals surface area contributed by atoms with Crippen LogP contribution in [0.25, 0.3) is 11.0 Å². The van der Waals surface area contributed by atoms with Crippen molar-refractivity contribution in [2.45, 2.75) is 65.3 Å². The van der Waals surface area contributed by atoms with E-state index in [-0.39, 0.29) is 5.91 Å². The zero-order valence-electron chi connectivity index (χ0n) is 20.2. The summed E-state index contributed by atoms with van der Waals surface area (Å²) in [5.74, 6) is 2.56. The summed E-state index contributed by atoms with van der Waals surface area (Å²) in [6.45, 7) is 8.39. The number of nitrogens with one attached hydrogen (secondary N) is 1. The van der Waals surface area contributed by atoms with Gasteiger partial charge >= 0.3 is 0 Å². The van der Waals surface area contributed by atoms with Gasteiger partial charge in [-0.25, -0.2) is 4.98 Å². The molecule has 2 aromatic carbocycles. The molecular weight excluding hydrogens is 410 g/mol. The number of unbranched alkanes of at least 4 members (excludes halogenated alkanes) is 2. The third-order valence-electron chi connectivity index (χ3n) is 6.07. The molecule has 0 bridgehead atoms. The standard InChI is InChI=1S/C28H37N3O2/c1-4-11-28(32)29-19-10-6-7-14-27-30-25-12-8-9-13-26(25)31(27)20-21-33-24-17-15-23(16-18-24)22(3)5-2/h4,8-9,11-13,15-18,22H,5-7,10,14,19-21H2,1-3H3,(H,29,32)/b11-4+. The van der Waals surface area contributed by atoms with Gasteiger partial charge in [0.2, 0.25) is 5.91 Å². The molecule has 1 N–H and O–H groups in total. The first-order valence-electron chi connectivity index (χ1n) is 12.2. The van der Waals surface area contributed by atoms with Crippen LogP contribution in [0.15, 0.2) is 60.7 Å². The molecule has 5 nitrogen and oxygen atoms in total. The van der Waals surface area contributed by atoms with Crippen molar-refractivity contribution >= 4 is 16.9 Å². The van der Waals surface area contributed by atoms with Crippen molar-refractivity contribution in [3.05, 3.63) is 72.1 Å². The summed E-state index contributed by atoms with van der Waals surface area (Å²) in [6.07, 6.45) is 8.44. The first-order chi connectivity index (χ1) is 16.1. The van der Waals surface area contributed by atoms with Crippen LogP contribution >= 0.6 is 0 Å². The third-order valence-corrected chi connectivity index (χ3v) is 6.07. The lowest BCUT2D eigenvalue weighted by molar-refractivity contribution is -0.116. The van der Waals surface area contributed by atoms with E-state index in [1.54, 1.807) is 12.2 Å². The Kier molecular flexibility index (Phi) is 9.55. The Balaban J connectivity index is 1.53. The van der Waals surface area contributed by atoms with E-state index in [1.807, 2.05) is 13.0 Å². The fourth-order valence-electron chi connectivity index (χ4n) is 3.96. The van der Waals surface area contributed by atoms with Gasteiger partial charge in [-0.1, -0.05) is 50.6 Å². The molecule has 33 heavy (non-hydrogen) atoms. The number of hydrogen-bond acceptors (Lipinski definition) is 3. The number of carbonyl (C=O) groups is 1. The number of carbonyl (C=O) groups excluding carboxylic acids is 1. The van der Waals surface area contributed by atoms with Gasteiger partial charge in [-0.05, 0) is 68.0 Å². The van der Waals surface area contributed by atoms with E-state index in [9.17, 15) is 4.79 Å². The summed E-state index contributed by atoms with van der Waals surface area (Å²) in [5.41, 5.74) is 3.54. The number of rotatable bonds is 13. The van der Waals surface area contributed by atoms with Gasteiger partial charge in [-0.2, -0.15) is 0 Å². The molecule has 0 radical (unpaired) electrons. The van der Waals surface area contributed by atoms with Crippen molar-refractivity contribution in [1.82, 2.24) is 14.9 Å². The number of aryl methyl sites for hydroxylation is 1. The maximum Gasteiger partial charge on any atom is 0.243 e. The van der Waals surface area contributed by atoms with Crippen molar-refractivity contribution < 1.29 is 9.53 Å². The highest BCUT2D eigenvalue weighted by Crippen LogP contribution is 2.22. The second-order valence-corrected chi connectivity index (χ2v) is 8.50. The Bertz CT molecular complexity index is 1040. The molecule has 0 saturated heterocycles. The van der Waals surface area contributed by atoms with Gasteiger partial charge in [0.15, 0.2) is 0 Å². The third kappa shape index (κ3) is 7.21. The van der Waals surface area contributed by atoms with E-state index in [4.69, 9.17) is 9.72 Å². The second-order valence-electron chi connectivity index (χ2n) is 8.50. The lowest BCUT2D eigenvalue weighted by Gasteiger charge is -2.13. The summed E-state index contributed by atoms with van der Waals surface area (Å²) in [7, 11) is 0. The zero-order valence-corrected chi connectivity index (χ0v) is 20.2. The number of aromatic nitrogens is 2. The van der Waals surface area contributed by atoms with Crippen molar-refractivity contribution in [3.8, 4) is 5.75 Å². The maximum atomic E-state index is 11.5. The summed E-state index contributed by atoms with van der Waals surface area (Å²) in [4.78, 5) is 16.4. The van der Waals surface area contributed by atoms with Gasteiger partial charge < -0.3 is 14.6 Å². The predicted molar refractivity (Wildman–Crippen MR) is 136 cm³/mol. The summed E-state index contributed by atoms with van der Waals surface area (Å²) in [5, 5.41) is 2.91. The summed E-state index contributed by atoms with van der Waals surface area (Å²) in [6, 6.07) is 16.8. The quantitative estimate of drug-likeness (QED) is 0.257. The summed E-state index contributed by atoms with van der Waals surface area (Å²) >= 11 is 0. The molecule has 0 fully saturated rings. The molecule has 176 valence electrons. The Hall–Kier alpha value is -3.08. The molecule has 0 spiro atoms. The molecule has 1 atom stereocenters. The highest BCUT2D eigenvalue weighted by Gasteiger charge is 2.10. The lowest BCUT2D eigenvalue weighted by atomic mass is 9.99. The van der Waals surface area contributed by atoms with Crippen LogP contribution in [0.2, 0.25) is 0 Å². The van der Waals surface area contributed by atoms with Gasteiger partial charge in [0, 0.05) is 13.0 Å². The highest BCUT2D eigenvalue weighted by atomic mass is 16.5. The Morgan fingerprint density at radius 1 is 1.12 bits per heavy atom. The molecule has 0 aliphatic heterocycles. The van der Waals surface area contributed by atoms with Gasteiger partial charge in [-0.15, -0.1) is 0 Å². The van der Waals surface area contributed by atoms with Gasteiger partial charge in [0.1, 0.15) is 18.2 Å². The number of benzene rings is 2. The monoisotopic (exact) mass is 447 g/mol. The number of nitrogens with zero attached hydrogens (tertiary/aromatic N) is 2. The van der Waals surface area contributed by atoms with E-state index < -0.39 is 0 Å². The number of allylic oxidation sites excluding steroid dienone is 1. The SMILES string of the molecule is C/C=C/C(=O)NCCCCCc1nc2ccccc2n1CCOc1ccc(C(C)CC)cc1. The number of hydrogen-bond donors (Lipinski definition) is 1. The van der Waals surface area contributed by atoms with Crippen LogP contribution in [0.5, 0.6) is 5.75 Å². The average Bonchev–Trinajstić information content (AvgIpc) is 3.19. The number of para-hydroxylation sites is 2. The Morgan fingerprint density at radius 3 is 2.67 bits per heavy atom. The highest BCUT2D eigenvalue weighted by molar-refractivity contribution is 5.87. The lowest BCUT2D eigenvalue weighted by Crippen LogP contribution is -2.22. The first-order valence-corrected chi connectivity index (χ1v) is 12.2. The van der Waals surface area contributed by atoms with Crippen molar-refractivity contribution in [2.24, 2.45) is 0 Å². The van der Waals surface area contributed by atoms with Crippen LogP contribution in [0.1, 0.15) is 63.8 Å². The largest absolute Gasteiger partial charge is 0.492 e. The molecule has 1 unspecified atom stereocenters. The van der Waals surface area contributed by atoms with Crippen LogP contribution in [0, 0.1) is 0 Å². The van der Waals surface area contributed by atoms with Crippen molar-refractivity contribution in [1.29, 1.82) is 0 Å². The minimum absolute atomic E-state index is 0.0196. The number of ether oxygens (including phenoxy) is 1. The van der Waals surface area contributed by atoms with E-state index >= 15 is 0 Å². The van der Waals surface area contributed by atoms with E-state index in [0.29, 0.717) is 19.1 Å².